The standard InChI is InChI=1S/C14H16N2O3/c1-2-7-19-13-6-4-3-5-11(13)12-8-10(9-17)14(18)16-15-12/h3-6,8,17H,2,7,9H2,1H3,(H,16,18). The minimum absolute atomic E-state index is 0.287. The van der Waals surface area contributed by atoms with E-state index in [1.54, 1.807) is 6.07 Å². The Morgan fingerprint density at radius 2 is 2.16 bits per heavy atom. The molecule has 0 atom stereocenters. The summed E-state index contributed by atoms with van der Waals surface area (Å²) in [6, 6.07) is 9.06. The Bertz CT molecular complexity index is 608. The Morgan fingerprint density at radius 1 is 1.37 bits per heavy atom. The van der Waals surface area contributed by atoms with E-state index in [1.165, 1.54) is 0 Å². The van der Waals surface area contributed by atoms with Gasteiger partial charge >= 0.3 is 0 Å². The molecule has 0 saturated heterocycles. The molecule has 2 rings (SSSR count). The van der Waals surface area contributed by atoms with E-state index in [2.05, 4.69) is 10.2 Å². The van der Waals surface area contributed by atoms with Crippen molar-refractivity contribution in [3.05, 3.63) is 46.2 Å². The normalized spacial score (nSPS) is 10.4. The number of benzene rings is 1. The molecule has 19 heavy (non-hydrogen) atoms. The Kier molecular flexibility index (Phi) is 4.30. The first kappa shape index (κ1) is 13.3. The molecule has 0 aliphatic heterocycles. The number of hydrogen-bond donors (Lipinski definition) is 2. The van der Waals surface area contributed by atoms with Crippen LogP contribution in [0.3, 0.4) is 0 Å². The van der Waals surface area contributed by atoms with E-state index in [0.717, 1.165) is 12.0 Å². The van der Waals surface area contributed by atoms with Crippen LogP contribution in [-0.2, 0) is 6.61 Å². The minimum Gasteiger partial charge on any atom is -0.493 e. The topological polar surface area (TPSA) is 75.2 Å². The van der Waals surface area contributed by atoms with Gasteiger partial charge in [-0.05, 0) is 24.6 Å². The summed E-state index contributed by atoms with van der Waals surface area (Å²) >= 11 is 0. The molecule has 5 nitrogen and oxygen atoms in total. The first-order valence-electron chi connectivity index (χ1n) is 6.18. The van der Waals surface area contributed by atoms with Gasteiger partial charge in [-0.25, -0.2) is 5.10 Å². The van der Waals surface area contributed by atoms with Crippen LogP contribution >= 0.6 is 0 Å². The van der Waals surface area contributed by atoms with E-state index in [4.69, 9.17) is 9.84 Å². The highest BCUT2D eigenvalue weighted by molar-refractivity contribution is 5.66. The van der Waals surface area contributed by atoms with Gasteiger partial charge in [0, 0.05) is 11.1 Å². The number of rotatable bonds is 5. The fraction of sp³-hybridized carbons (Fsp3) is 0.286. The third-order valence-corrected chi connectivity index (χ3v) is 2.68. The summed E-state index contributed by atoms with van der Waals surface area (Å²) in [7, 11) is 0. The molecule has 2 aromatic rings. The number of aromatic nitrogens is 2. The predicted molar refractivity (Wildman–Crippen MR) is 72.0 cm³/mol. The monoisotopic (exact) mass is 260 g/mol. The van der Waals surface area contributed by atoms with Crippen LogP contribution < -0.4 is 10.3 Å². The lowest BCUT2D eigenvalue weighted by molar-refractivity contribution is 0.280. The minimum atomic E-state index is -0.377. The lowest BCUT2D eigenvalue weighted by Crippen LogP contribution is -2.14. The number of aliphatic hydroxyl groups excluding tert-OH is 1. The fourth-order valence-electron chi connectivity index (χ4n) is 1.72. The van der Waals surface area contributed by atoms with Gasteiger partial charge in [0.1, 0.15) is 5.75 Å². The van der Waals surface area contributed by atoms with Crippen LogP contribution in [0, 0.1) is 0 Å². The summed E-state index contributed by atoms with van der Waals surface area (Å²) in [6.07, 6.45) is 0.912. The molecule has 0 amide bonds. The van der Waals surface area contributed by atoms with Crippen LogP contribution in [0.5, 0.6) is 5.75 Å². The molecule has 5 heteroatoms. The maximum atomic E-state index is 11.4. The van der Waals surface area contributed by atoms with Gasteiger partial charge in [0.05, 0.1) is 18.9 Å². The number of para-hydroxylation sites is 1. The zero-order valence-corrected chi connectivity index (χ0v) is 10.7. The van der Waals surface area contributed by atoms with Crippen molar-refractivity contribution in [2.45, 2.75) is 20.0 Å². The molecule has 0 aliphatic carbocycles. The quantitative estimate of drug-likeness (QED) is 0.858. The van der Waals surface area contributed by atoms with Crippen molar-refractivity contribution >= 4 is 0 Å². The number of ether oxygens (including phenoxy) is 1. The molecular weight excluding hydrogens is 244 g/mol. The van der Waals surface area contributed by atoms with Crippen molar-refractivity contribution in [3.63, 3.8) is 0 Å². The number of hydrogen-bond acceptors (Lipinski definition) is 4. The third-order valence-electron chi connectivity index (χ3n) is 2.68. The summed E-state index contributed by atoms with van der Waals surface area (Å²) in [5.74, 6) is 0.716. The Hall–Kier alpha value is -2.14. The first-order valence-corrected chi connectivity index (χ1v) is 6.18. The van der Waals surface area contributed by atoms with Crippen molar-refractivity contribution in [3.8, 4) is 17.0 Å². The molecule has 100 valence electrons. The van der Waals surface area contributed by atoms with Crippen LogP contribution in [0.4, 0.5) is 0 Å². The van der Waals surface area contributed by atoms with Gasteiger partial charge in [0.2, 0.25) is 0 Å². The van der Waals surface area contributed by atoms with Crippen LogP contribution in [0.2, 0.25) is 0 Å². The Balaban J connectivity index is 2.43. The highest BCUT2D eigenvalue weighted by Crippen LogP contribution is 2.28. The molecule has 0 fully saturated rings. The molecule has 1 aromatic carbocycles. The van der Waals surface area contributed by atoms with Crippen molar-refractivity contribution in [1.29, 1.82) is 0 Å². The van der Waals surface area contributed by atoms with Gasteiger partial charge in [0.25, 0.3) is 5.56 Å². The second-order valence-corrected chi connectivity index (χ2v) is 4.11. The lowest BCUT2D eigenvalue weighted by atomic mass is 10.1. The summed E-state index contributed by atoms with van der Waals surface area (Å²) < 4.78 is 5.65. The van der Waals surface area contributed by atoms with Gasteiger partial charge in [-0.3, -0.25) is 4.79 Å². The number of H-pyrrole nitrogens is 1. The van der Waals surface area contributed by atoms with Gasteiger partial charge in [-0.15, -0.1) is 0 Å². The number of aliphatic hydroxyl groups is 1. The fourth-order valence-corrected chi connectivity index (χ4v) is 1.72. The molecule has 1 heterocycles. The SMILES string of the molecule is CCCOc1ccccc1-c1cc(CO)c(=O)[nH]n1. The second-order valence-electron chi connectivity index (χ2n) is 4.11. The second kappa shape index (κ2) is 6.15. The smallest absolute Gasteiger partial charge is 0.269 e. The van der Waals surface area contributed by atoms with Gasteiger partial charge in [-0.2, -0.15) is 5.10 Å². The van der Waals surface area contributed by atoms with E-state index in [9.17, 15) is 4.79 Å². The highest BCUT2D eigenvalue weighted by Gasteiger charge is 2.09. The van der Waals surface area contributed by atoms with Crippen LogP contribution in [0.25, 0.3) is 11.3 Å². The van der Waals surface area contributed by atoms with Gasteiger partial charge in [0.15, 0.2) is 0 Å². The van der Waals surface area contributed by atoms with Crippen molar-refractivity contribution in [2.24, 2.45) is 0 Å². The molecule has 0 saturated carbocycles. The molecule has 0 bridgehead atoms. The maximum absolute atomic E-state index is 11.4. The molecular formula is C14H16N2O3. The van der Waals surface area contributed by atoms with E-state index in [-0.39, 0.29) is 17.7 Å². The van der Waals surface area contributed by atoms with E-state index in [0.29, 0.717) is 18.1 Å². The van der Waals surface area contributed by atoms with E-state index < -0.39 is 0 Å². The molecule has 0 spiro atoms. The zero-order valence-electron chi connectivity index (χ0n) is 10.7. The van der Waals surface area contributed by atoms with Gasteiger partial charge in [-0.1, -0.05) is 19.1 Å². The van der Waals surface area contributed by atoms with Gasteiger partial charge < -0.3 is 9.84 Å². The number of nitrogens with one attached hydrogen (secondary N) is 1. The third kappa shape index (κ3) is 3.00. The Labute approximate surface area is 110 Å². The maximum Gasteiger partial charge on any atom is 0.269 e. The molecule has 1 aromatic heterocycles. The summed E-state index contributed by atoms with van der Waals surface area (Å²) in [5, 5.41) is 15.5. The molecule has 0 unspecified atom stereocenters. The first-order chi connectivity index (χ1) is 9.26. The number of nitrogens with zero attached hydrogens (tertiary/aromatic N) is 1. The average Bonchev–Trinajstić information content (AvgIpc) is 2.46. The van der Waals surface area contributed by atoms with E-state index in [1.807, 2.05) is 31.2 Å². The Morgan fingerprint density at radius 3 is 2.89 bits per heavy atom. The molecule has 0 radical (unpaired) electrons. The van der Waals surface area contributed by atoms with Crippen molar-refractivity contribution < 1.29 is 9.84 Å². The summed E-state index contributed by atoms with van der Waals surface area (Å²) in [6.45, 7) is 2.33. The number of aromatic amines is 1. The largest absolute Gasteiger partial charge is 0.493 e. The molecule has 0 aliphatic rings. The molecule has 2 N–H and O–H groups in total. The van der Waals surface area contributed by atoms with E-state index >= 15 is 0 Å². The van der Waals surface area contributed by atoms with Crippen LogP contribution in [0.15, 0.2) is 35.1 Å². The van der Waals surface area contributed by atoms with Crippen LogP contribution in [0.1, 0.15) is 18.9 Å². The predicted octanol–water partition coefficient (Wildman–Crippen LogP) is 1.72. The van der Waals surface area contributed by atoms with Crippen LogP contribution in [-0.4, -0.2) is 21.9 Å². The summed E-state index contributed by atoms with van der Waals surface area (Å²) in [4.78, 5) is 11.4. The highest BCUT2D eigenvalue weighted by atomic mass is 16.5. The van der Waals surface area contributed by atoms with Crippen molar-refractivity contribution in [1.82, 2.24) is 10.2 Å². The summed E-state index contributed by atoms with van der Waals surface area (Å²) in [5.41, 5.74) is 1.28. The average molecular weight is 260 g/mol. The lowest BCUT2D eigenvalue weighted by Gasteiger charge is -2.10. The van der Waals surface area contributed by atoms with Crippen molar-refractivity contribution in [2.75, 3.05) is 6.61 Å². The zero-order chi connectivity index (χ0) is 13.7.